The minimum absolute atomic E-state index is 0.518. The fourth-order valence-electron chi connectivity index (χ4n) is 2.74. The molecule has 0 radical (unpaired) electrons. The van der Waals surface area contributed by atoms with Gasteiger partial charge in [-0.3, -0.25) is 9.48 Å². The Morgan fingerprint density at radius 1 is 1.63 bits per heavy atom. The molecule has 1 unspecified atom stereocenters. The molecule has 0 amide bonds. The number of aromatic nitrogens is 2. The Hall–Kier alpha value is -0.880. The Labute approximate surface area is 121 Å². The zero-order valence-electron chi connectivity index (χ0n) is 11.4. The number of aliphatic carboxylic acids is 1. The molecule has 1 fully saturated rings. The summed E-state index contributed by atoms with van der Waals surface area (Å²) >= 11 is 3.55. The van der Waals surface area contributed by atoms with Crippen LogP contribution in [0, 0.1) is 12.3 Å². The molecule has 1 aliphatic rings. The summed E-state index contributed by atoms with van der Waals surface area (Å²) in [7, 11) is 0. The number of halogens is 1. The van der Waals surface area contributed by atoms with Crippen LogP contribution in [0.15, 0.2) is 4.47 Å². The lowest BCUT2D eigenvalue weighted by Crippen LogP contribution is -2.47. The molecule has 0 bridgehead atoms. The van der Waals surface area contributed by atoms with Gasteiger partial charge in [-0.25, -0.2) is 0 Å². The van der Waals surface area contributed by atoms with Gasteiger partial charge in [0, 0.05) is 19.5 Å². The lowest BCUT2D eigenvalue weighted by Gasteiger charge is -2.33. The fourth-order valence-corrected chi connectivity index (χ4v) is 3.16. The Kier molecular flexibility index (Phi) is 4.30. The Morgan fingerprint density at radius 2 is 2.37 bits per heavy atom. The van der Waals surface area contributed by atoms with Crippen LogP contribution < -0.4 is 5.32 Å². The molecule has 19 heavy (non-hydrogen) atoms. The van der Waals surface area contributed by atoms with E-state index in [1.165, 1.54) is 0 Å². The molecule has 0 spiro atoms. The molecule has 5 nitrogen and oxygen atoms in total. The number of hydrogen-bond acceptors (Lipinski definition) is 3. The number of nitrogens with zero attached hydrogens (tertiary/aromatic N) is 2. The minimum Gasteiger partial charge on any atom is -0.481 e. The van der Waals surface area contributed by atoms with Crippen LogP contribution >= 0.6 is 15.9 Å². The average molecular weight is 330 g/mol. The van der Waals surface area contributed by atoms with Crippen molar-refractivity contribution in [3.8, 4) is 0 Å². The highest BCUT2D eigenvalue weighted by atomic mass is 79.9. The topological polar surface area (TPSA) is 67.2 Å². The zero-order valence-corrected chi connectivity index (χ0v) is 13.0. The van der Waals surface area contributed by atoms with Crippen molar-refractivity contribution in [3.63, 3.8) is 0 Å². The van der Waals surface area contributed by atoms with Crippen molar-refractivity contribution < 1.29 is 9.90 Å². The zero-order chi connectivity index (χ0) is 14.0. The maximum Gasteiger partial charge on any atom is 0.311 e. The standard InChI is InChI=1S/C13H20BrN3O2/c1-3-17-10(11(14)9(2)16-17)7-13(12(18)19)5-4-6-15-8-13/h15H,3-8H2,1-2H3,(H,18,19). The smallest absolute Gasteiger partial charge is 0.311 e. The van der Waals surface area contributed by atoms with Gasteiger partial charge >= 0.3 is 5.97 Å². The molecule has 2 N–H and O–H groups in total. The molecule has 1 atom stereocenters. The highest BCUT2D eigenvalue weighted by Crippen LogP contribution is 2.34. The van der Waals surface area contributed by atoms with Crippen LogP contribution in [0.1, 0.15) is 31.2 Å². The first-order chi connectivity index (χ1) is 9.00. The van der Waals surface area contributed by atoms with E-state index in [-0.39, 0.29) is 0 Å². The molecule has 0 saturated carbocycles. The van der Waals surface area contributed by atoms with Gasteiger partial charge in [0.2, 0.25) is 0 Å². The van der Waals surface area contributed by atoms with Gasteiger partial charge in [-0.2, -0.15) is 5.10 Å². The SMILES string of the molecule is CCn1nc(C)c(Br)c1CC1(C(=O)O)CCCNC1. The van der Waals surface area contributed by atoms with Crippen molar-refractivity contribution in [1.82, 2.24) is 15.1 Å². The third kappa shape index (κ3) is 2.69. The molecular weight excluding hydrogens is 310 g/mol. The van der Waals surface area contributed by atoms with Crippen LogP contribution in [0.25, 0.3) is 0 Å². The van der Waals surface area contributed by atoms with E-state index in [4.69, 9.17) is 0 Å². The van der Waals surface area contributed by atoms with Crippen molar-refractivity contribution in [1.29, 1.82) is 0 Å². The highest BCUT2D eigenvalue weighted by molar-refractivity contribution is 9.10. The van der Waals surface area contributed by atoms with E-state index in [0.717, 1.165) is 41.8 Å². The van der Waals surface area contributed by atoms with Gasteiger partial charge in [0.15, 0.2) is 0 Å². The monoisotopic (exact) mass is 329 g/mol. The summed E-state index contributed by atoms with van der Waals surface area (Å²) < 4.78 is 2.85. The predicted octanol–water partition coefficient (Wildman–Crippen LogP) is 1.97. The van der Waals surface area contributed by atoms with Crippen LogP contribution in [0.5, 0.6) is 0 Å². The van der Waals surface area contributed by atoms with Crippen LogP contribution in [0.2, 0.25) is 0 Å². The maximum atomic E-state index is 11.7. The van der Waals surface area contributed by atoms with Crippen molar-refractivity contribution in [3.05, 3.63) is 15.9 Å². The summed E-state index contributed by atoms with van der Waals surface area (Å²) in [6.07, 6.45) is 2.14. The van der Waals surface area contributed by atoms with E-state index in [2.05, 4.69) is 26.3 Å². The molecule has 6 heteroatoms. The van der Waals surface area contributed by atoms with Crippen LogP contribution in [-0.2, 0) is 17.8 Å². The Balaban J connectivity index is 2.34. The third-order valence-corrected chi connectivity index (χ3v) is 4.92. The summed E-state index contributed by atoms with van der Waals surface area (Å²) in [5.41, 5.74) is 1.20. The van der Waals surface area contributed by atoms with Gasteiger partial charge in [0.1, 0.15) is 0 Å². The number of nitrogens with one attached hydrogen (secondary N) is 1. The predicted molar refractivity (Wildman–Crippen MR) is 76.2 cm³/mol. The molecular formula is C13H20BrN3O2. The largest absolute Gasteiger partial charge is 0.481 e. The summed E-state index contributed by atoms with van der Waals surface area (Å²) in [6, 6.07) is 0. The second-order valence-corrected chi connectivity index (χ2v) is 6.00. The molecule has 1 aromatic rings. The van der Waals surface area contributed by atoms with Gasteiger partial charge in [0.25, 0.3) is 0 Å². The van der Waals surface area contributed by atoms with E-state index >= 15 is 0 Å². The van der Waals surface area contributed by atoms with E-state index in [1.54, 1.807) is 0 Å². The van der Waals surface area contributed by atoms with Gasteiger partial charge < -0.3 is 10.4 Å². The average Bonchev–Trinajstić information content (AvgIpc) is 2.67. The van der Waals surface area contributed by atoms with Gasteiger partial charge in [-0.1, -0.05) is 0 Å². The molecule has 2 heterocycles. The summed E-state index contributed by atoms with van der Waals surface area (Å²) in [5, 5.41) is 17.3. The second kappa shape index (κ2) is 5.63. The van der Waals surface area contributed by atoms with Gasteiger partial charge in [-0.15, -0.1) is 0 Å². The highest BCUT2D eigenvalue weighted by Gasteiger charge is 2.41. The number of carbonyl (C=O) groups is 1. The quantitative estimate of drug-likeness (QED) is 0.886. The van der Waals surface area contributed by atoms with Crippen LogP contribution in [0.3, 0.4) is 0 Å². The van der Waals surface area contributed by atoms with Crippen molar-refractivity contribution in [2.75, 3.05) is 13.1 Å². The molecule has 106 valence electrons. The van der Waals surface area contributed by atoms with Gasteiger partial charge in [0.05, 0.1) is 21.3 Å². The number of piperidine rings is 1. The molecule has 0 aromatic carbocycles. The lowest BCUT2D eigenvalue weighted by atomic mass is 9.77. The number of rotatable bonds is 4. The summed E-state index contributed by atoms with van der Waals surface area (Å²) in [4.78, 5) is 11.7. The number of aryl methyl sites for hydroxylation is 2. The fraction of sp³-hybridized carbons (Fsp3) is 0.692. The number of carboxylic acids is 1. The Morgan fingerprint density at radius 3 is 2.89 bits per heavy atom. The number of hydrogen-bond donors (Lipinski definition) is 2. The van der Waals surface area contributed by atoms with Crippen molar-refractivity contribution in [2.24, 2.45) is 5.41 Å². The van der Waals surface area contributed by atoms with Crippen LogP contribution in [-0.4, -0.2) is 33.9 Å². The molecule has 2 rings (SSSR count). The van der Waals surface area contributed by atoms with Gasteiger partial charge in [-0.05, 0) is 49.2 Å². The van der Waals surface area contributed by atoms with Crippen LogP contribution in [0.4, 0.5) is 0 Å². The first-order valence-corrected chi connectivity index (χ1v) is 7.45. The molecule has 1 saturated heterocycles. The lowest BCUT2D eigenvalue weighted by molar-refractivity contribution is -0.150. The Bertz CT molecular complexity index is 478. The van der Waals surface area contributed by atoms with Crippen molar-refractivity contribution in [2.45, 2.75) is 39.7 Å². The second-order valence-electron chi connectivity index (χ2n) is 5.20. The van der Waals surface area contributed by atoms with E-state index in [0.29, 0.717) is 13.0 Å². The molecule has 0 aliphatic carbocycles. The number of carboxylic acid groups (broad SMARTS) is 1. The summed E-state index contributed by atoms with van der Waals surface area (Å²) in [5.74, 6) is -0.715. The minimum atomic E-state index is -0.715. The third-order valence-electron chi connectivity index (χ3n) is 3.88. The normalized spacial score (nSPS) is 23.5. The van der Waals surface area contributed by atoms with E-state index < -0.39 is 11.4 Å². The maximum absolute atomic E-state index is 11.7. The van der Waals surface area contributed by atoms with E-state index in [9.17, 15) is 9.90 Å². The molecule has 1 aromatic heterocycles. The molecule has 1 aliphatic heterocycles. The van der Waals surface area contributed by atoms with Crippen molar-refractivity contribution >= 4 is 21.9 Å². The first kappa shape index (κ1) is 14.5. The summed E-state index contributed by atoms with van der Waals surface area (Å²) in [6.45, 7) is 6.15. The first-order valence-electron chi connectivity index (χ1n) is 6.66. The van der Waals surface area contributed by atoms with E-state index in [1.807, 2.05) is 18.5 Å².